The van der Waals surface area contributed by atoms with E-state index in [0.29, 0.717) is 19.3 Å². The predicted molar refractivity (Wildman–Crippen MR) is 208 cm³/mol. The number of esters is 2. The largest absolute Gasteiger partial charge is 0.480 e. The Morgan fingerprint density at radius 1 is 0.596 bits per heavy atom. The quantitative estimate of drug-likeness (QED) is 0.0241. The Labute approximate surface area is 314 Å². The van der Waals surface area contributed by atoms with Crippen LogP contribution in [0, 0.1) is 0 Å². The summed E-state index contributed by atoms with van der Waals surface area (Å²) in [5, 5.41) is 8.86. The van der Waals surface area contributed by atoms with Crippen LogP contribution >= 0.6 is 7.82 Å². The van der Waals surface area contributed by atoms with Crippen LogP contribution in [0.3, 0.4) is 0 Å². The van der Waals surface area contributed by atoms with Crippen molar-refractivity contribution in [1.29, 1.82) is 0 Å². The molecule has 12 heteroatoms. The molecule has 52 heavy (non-hydrogen) atoms. The second-order valence-corrected chi connectivity index (χ2v) is 14.5. The van der Waals surface area contributed by atoms with Crippen molar-refractivity contribution < 1.29 is 47.5 Å². The topological polar surface area (TPSA) is 172 Å². The summed E-state index contributed by atoms with van der Waals surface area (Å²) in [6.07, 6.45) is 37.7. The zero-order valence-corrected chi connectivity index (χ0v) is 33.0. The fourth-order valence-corrected chi connectivity index (χ4v) is 5.66. The second-order valence-electron chi connectivity index (χ2n) is 13.1. The van der Waals surface area contributed by atoms with Crippen molar-refractivity contribution in [3.63, 3.8) is 0 Å². The fourth-order valence-electron chi connectivity index (χ4n) is 4.88. The van der Waals surface area contributed by atoms with Gasteiger partial charge in [0.05, 0.1) is 13.2 Å². The highest BCUT2D eigenvalue weighted by atomic mass is 31.2. The third kappa shape index (κ3) is 34.5. The molecule has 0 spiro atoms. The maximum Gasteiger partial charge on any atom is 0.472 e. The van der Waals surface area contributed by atoms with E-state index in [-0.39, 0.29) is 19.4 Å². The van der Waals surface area contributed by atoms with Crippen molar-refractivity contribution in [3.05, 3.63) is 48.6 Å². The predicted octanol–water partition coefficient (Wildman–Crippen LogP) is 9.83. The van der Waals surface area contributed by atoms with Gasteiger partial charge in [-0.1, -0.05) is 127 Å². The molecule has 0 rings (SSSR count). The molecule has 4 N–H and O–H groups in total. The first-order valence-corrected chi connectivity index (χ1v) is 21.2. The molecule has 0 amide bonds. The molecule has 1 unspecified atom stereocenters. The Kier molecular flexibility index (Phi) is 33.7. The number of carbonyl (C=O) groups is 3. The number of phosphoric acid groups is 1. The van der Waals surface area contributed by atoms with Crippen LogP contribution in [0.25, 0.3) is 0 Å². The lowest BCUT2D eigenvalue weighted by atomic mass is 10.1. The highest BCUT2D eigenvalue weighted by Crippen LogP contribution is 2.43. The molecule has 0 aromatic heterocycles. The van der Waals surface area contributed by atoms with Gasteiger partial charge in [-0.25, -0.2) is 4.57 Å². The number of hydrogen-bond acceptors (Lipinski definition) is 9. The summed E-state index contributed by atoms with van der Waals surface area (Å²) in [5.74, 6) is -2.46. The zero-order valence-electron chi connectivity index (χ0n) is 32.1. The van der Waals surface area contributed by atoms with Crippen LogP contribution in [0.2, 0.25) is 0 Å². The van der Waals surface area contributed by atoms with E-state index in [1.807, 2.05) is 6.08 Å². The van der Waals surface area contributed by atoms with Gasteiger partial charge in [0.15, 0.2) is 6.10 Å². The number of unbranched alkanes of at least 4 members (excludes halogenated alkanes) is 14. The van der Waals surface area contributed by atoms with Crippen molar-refractivity contribution in [3.8, 4) is 0 Å². The Morgan fingerprint density at radius 2 is 1.06 bits per heavy atom. The third-order valence-electron chi connectivity index (χ3n) is 8.05. The number of phosphoric ester groups is 1. The lowest BCUT2D eigenvalue weighted by molar-refractivity contribution is -0.161. The summed E-state index contributed by atoms with van der Waals surface area (Å²) >= 11 is 0. The Hall–Kier alpha value is -2.56. The average Bonchev–Trinajstić information content (AvgIpc) is 3.12. The Bertz CT molecular complexity index is 1070. The van der Waals surface area contributed by atoms with Crippen molar-refractivity contribution >= 4 is 25.7 Å². The Morgan fingerprint density at radius 3 is 1.65 bits per heavy atom. The van der Waals surface area contributed by atoms with Crippen LogP contribution in [-0.4, -0.2) is 59.9 Å². The number of hydrogen-bond donors (Lipinski definition) is 3. The van der Waals surface area contributed by atoms with Crippen molar-refractivity contribution in [2.75, 3.05) is 19.8 Å². The minimum absolute atomic E-state index is 0.138. The van der Waals surface area contributed by atoms with Crippen LogP contribution in [-0.2, 0) is 37.5 Å². The normalized spacial score (nSPS) is 14.4. The third-order valence-corrected chi connectivity index (χ3v) is 9.00. The fraction of sp³-hybridized carbons (Fsp3) is 0.725. The molecule has 0 saturated carbocycles. The van der Waals surface area contributed by atoms with Crippen LogP contribution in [0.4, 0.5) is 0 Å². The van der Waals surface area contributed by atoms with Gasteiger partial charge in [0.25, 0.3) is 0 Å². The first kappa shape index (κ1) is 49.4. The average molecular weight is 756 g/mol. The number of carboxylic acids is 1. The van der Waals surface area contributed by atoms with E-state index >= 15 is 0 Å². The lowest BCUT2D eigenvalue weighted by Crippen LogP contribution is -2.34. The molecule has 0 saturated heterocycles. The van der Waals surface area contributed by atoms with E-state index < -0.39 is 51.1 Å². The van der Waals surface area contributed by atoms with E-state index in [9.17, 15) is 23.8 Å². The van der Waals surface area contributed by atoms with E-state index in [4.69, 9.17) is 24.8 Å². The van der Waals surface area contributed by atoms with Gasteiger partial charge in [0, 0.05) is 12.8 Å². The van der Waals surface area contributed by atoms with Crippen LogP contribution in [0.5, 0.6) is 0 Å². The molecular weight excluding hydrogens is 685 g/mol. The molecule has 0 aliphatic heterocycles. The maximum atomic E-state index is 12.5. The van der Waals surface area contributed by atoms with E-state index in [0.717, 1.165) is 57.8 Å². The second kappa shape index (κ2) is 35.5. The minimum Gasteiger partial charge on any atom is -0.480 e. The van der Waals surface area contributed by atoms with Gasteiger partial charge in [-0.15, -0.1) is 0 Å². The zero-order chi connectivity index (χ0) is 38.5. The monoisotopic (exact) mass is 755 g/mol. The highest BCUT2D eigenvalue weighted by Gasteiger charge is 2.28. The first-order valence-electron chi connectivity index (χ1n) is 19.7. The summed E-state index contributed by atoms with van der Waals surface area (Å²) in [7, 11) is -4.72. The molecule has 0 heterocycles. The van der Waals surface area contributed by atoms with Crippen LogP contribution in [0.15, 0.2) is 48.6 Å². The van der Waals surface area contributed by atoms with E-state index in [1.54, 1.807) is 0 Å². The molecule has 11 nitrogen and oxygen atoms in total. The summed E-state index contributed by atoms with van der Waals surface area (Å²) < 4.78 is 32.5. The first-order chi connectivity index (χ1) is 25.1. The summed E-state index contributed by atoms with van der Waals surface area (Å²) in [4.78, 5) is 45.7. The summed E-state index contributed by atoms with van der Waals surface area (Å²) in [5.41, 5.74) is 5.31. The molecule has 0 fully saturated rings. The SMILES string of the molecule is CCCC/C=C/CCCCCCCC(=O)O[C@@H](COC(=O)CCC/C=C/C/C=C/C/C=C/CCCCCCCC)COP(=O)(O)OC[C@@H](N)C(=O)O. The molecule has 0 aliphatic carbocycles. The standard InChI is InChI=1S/C40H70NO10P/c1-3-5-7-9-11-13-15-16-17-18-19-20-22-23-25-27-29-31-38(42)48-33-36(34-49-52(46,47)50-35-37(41)40(44)45)51-39(43)32-30-28-26-24-21-14-12-10-8-6-4-2/h10,12,16-17,19-20,23,25,36-37H,3-9,11,13-15,18,21-22,24,26-35,41H2,1-2H3,(H,44,45)(H,46,47)/b12-10+,17-16+,20-19+,25-23+/t36-,37+/m0/s1. The molecular formula is C40H70NO10P. The van der Waals surface area contributed by atoms with Gasteiger partial charge < -0.3 is 25.2 Å². The van der Waals surface area contributed by atoms with Gasteiger partial charge in [0.1, 0.15) is 12.6 Å². The van der Waals surface area contributed by atoms with E-state index in [1.165, 1.54) is 51.4 Å². The minimum atomic E-state index is -4.72. The number of rotatable bonds is 36. The van der Waals surface area contributed by atoms with Crippen LogP contribution < -0.4 is 5.73 Å². The number of allylic oxidation sites excluding steroid dienone is 8. The van der Waals surface area contributed by atoms with Crippen molar-refractivity contribution in [1.82, 2.24) is 0 Å². The summed E-state index contributed by atoms with van der Waals surface area (Å²) in [6.45, 7) is 2.67. The molecule has 0 aromatic rings. The number of carboxylic acid groups (broad SMARTS) is 1. The number of nitrogens with two attached hydrogens (primary N) is 1. The molecule has 0 bridgehead atoms. The van der Waals surface area contributed by atoms with Gasteiger partial charge in [-0.05, 0) is 64.2 Å². The van der Waals surface area contributed by atoms with Gasteiger partial charge >= 0.3 is 25.7 Å². The number of carbonyl (C=O) groups excluding carboxylic acids is 2. The van der Waals surface area contributed by atoms with Crippen molar-refractivity contribution in [2.24, 2.45) is 5.73 Å². The number of aliphatic carboxylic acids is 1. The molecule has 0 aliphatic rings. The lowest BCUT2D eigenvalue weighted by Gasteiger charge is -2.20. The van der Waals surface area contributed by atoms with Gasteiger partial charge in [-0.3, -0.25) is 23.4 Å². The van der Waals surface area contributed by atoms with E-state index in [2.05, 4.69) is 60.9 Å². The highest BCUT2D eigenvalue weighted by molar-refractivity contribution is 7.47. The van der Waals surface area contributed by atoms with Gasteiger partial charge in [0.2, 0.25) is 0 Å². The van der Waals surface area contributed by atoms with Crippen molar-refractivity contribution in [2.45, 2.75) is 167 Å². The van der Waals surface area contributed by atoms with Crippen LogP contribution in [0.1, 0.15) is 155 Å². The summed E-state index contributed by atoms with van der Waals surface area (Å²) in [6, 6.07) is -1.53. The van der Waals surface area contributed by atoms with Gasteiger partial charge in [-0.2, -0.15) is 0 Å². The maximum absolute atomic E-state index is 12.5. The molecule has 0 aromatic carbocycles. The molecule has 0 radical (unpaired) electrons. The number of ether oxygens (including phenoxy) is 2. The molecule has 3 atom stereocenters. The smallest absolute Gasteiger partial charge is 0.472 e. The molecule has 300 valence electrons. The Balaban J connectivity index is 4.50.